The van der Waals surface area contributed by atoms with Gasteiger partial charge in [0.25, 0.3) is 0 Å². The van der Waals surface area contributed by atoms with Crippen molar-refractivity contribution in [1.29, 1.82) is 0 Å². The van der Waals surface area contributed by atoms with Gasteiger partial charge in [-0.2, -0.15) is 0 Å². The van der Waals surface area contributed by atoms with E-state index in [1.165, 1.54) is 0 Å². The van der Waals surface area contributed by atoms with E-state index in [1.807, 2.05) is 36.4 Å². The van der Waals surface area contributed by atoms with Gasteiger partial charge in [-0.15, -0.1) is 0 Å². The van der Waals surface area contributed by atoms with Crippen LogP contribution in [0.4, 0.5) is 4.79 Å². The molecule has 0 fully saturated rings. The molecular formula is C17H18Cl2N2O2. The Labute approximate surface area is 145 Å². The van der Waals surface area contributed by atoms with Crippen LogP contribution in [0, 0.1) is 0 Å². The van der Waals surface area contributed by atoms with E-state index in [0.29, 0.717) is 35.5 Å². The van der Waals surface area contributed by atoms with Crippen molar-refractivity contribution < 1.29 is 9.53 Å². The van der Waals surface area contributed by atoms with E-state index < -0.39 is 0 Å². The molecule has 2 N–H and O–H groups in total. The molecule has 0 heterocycles. The molecule has 6 heteroatoms. The number of rotatable bonds is 7. The number of carbonyl (C=O) groups excluding carboxylic acids is 1. The number of amides is 2. The summed E-state index contributed by atoms with van der Waals surface area (Å²) in [4.78, 5) is 11.6. The van der Waals surface area contributed by atoms with Crippen molar-refractivity contribution in [3.8, 4) is 5.75 Å². The van der Waals surface area contributed by atoms with E-state index in [0.717, 1.165) is 12.0 Å². The molecule has 2 rings (SSSR count). The monoisotopic (exact) mass is 352 g/mol. The van der Waals surface area contributed by atoms with Gasteiger partial charge in [0.15, 0.2) is 0 Å². The highest BCUT2D eigenvalue weighted by Gasteiger charge is 2.01. The number of hydrogen-bond acceptors (Lipinski definition) is 2. The maximum atomic E-state index is 11.6. The van der Waals surface area contributed by atoms with Crippen molar-refractivity contribution in [3.05, 3.63) is 64.1 Å². The number of ether oxygens (including phenoxy) is 1. The molecule has 2 aromatic rings. The van der Waals surface area contributed by atoms with Crippen LogP contribution in [-0.2, 0) is 6.42 Å². The molecule has 0 radical (unpaired) electrons. The Morgan fingerprint density at radius 1 is 0.957 bits per heavy atom. The van der Waals surface area contributed by atoms with Gasteiger partial charge in [-0.05, 0) is 42.3 Å². The summed E-state index contributed by atoms with van der Waals surface area (Å²) in [6.45, 7) is 1.33. The predicted molar refractivity (Wildman–Crippen MR) is 93.5 cm³/mol. The van der Waals surface area contributed by atoms with Crippen LogP contribution < -0.4 is 15.4 Å². The zero-order valence-electron chi connectivity index (χ0n) is 12.5. The normalized spacial score (nSPS) is 10.2. The minimum Gasteiger partial charge on any atom is -0.492 e. The lowest BCUT2D eigenvalue weighted by molar-refractivity contribution is 0.236. The van der Waals surface area contributed by atoms with Gasteiger partial charge in [-0.1, -0.05) is 41.4 Å². The summed E-state index contributed by atoms with van der Waals surface area (Å²) in [5, 5.41) is 6.84. The summed E-state index contributed by atoms with van der Waals surface area (Å²) >= 11 is 11.8. The van der Waals surface area contributed by atoms with Crippen LogP contribution in [0.1, 0.15) is 5.56 Å². The van der Waals surface area contributed by atoms with E-state index >= 15 is 0 Å². The first-order chi connectivity index (χ1) is 11.1. The molecule has 2 aromatic carbocycles. The molecule has 0 atom stereocenters. The first-order valence-electron chi connectivity index (χ1n) is 7.28. The Balaban J connectivity index is 1.58. The van der Waals surface area contributed by atoms with Gasteiger partial charge in [0.1, 0.15) is 12.4 Å². The largest absolute Gasteiger partial charge is 0.492 e. The van der Waals surface area contributed by atoms with E-state index in [9.17, 15) is 4.79 Å². The molecule has 0 saturated heterocycles. The smallest absolute Gasteiger partial charge is 0.314 e. The summed E-state index contributed by atoms with van der Waals surface area (Å²) in [5.74, 6) is 0.681. The lowest BCUT2D eigenvalue weighted by atomic mass is 10.1. The number of urea groups is 1. The van der Waals surface area contributed by atoms with Crippen molar-refractivity contribution in [1.82, 2.24) is 10.6 Å². The van der Waals surface area contributed by atoms with Crippen LogP contribution in [0.5, 0.6) is 5.75 Å². The molecule has 23 heavy (non-hydrogen) atoms. The number of carbonyl (C=O) groups is 1. The third-order valence-corrected chi connectivity index (χ3v) is 3.51. The third-order valence-electron chi connectivity index (χ3n) is 3.04. The van der Waals surface area contributed by atoms with Crippen molar-refractivity contribution >= 4 is 29.2 Å². The average Bonchev–Trinajstić information content (AvgIpc) is 2.52. The molecule has 0 aromatic heterocycles. The molecule has 0 aliphatic heterocycles. The van der Waals surface area contributed by atoms with Gasteiger partial charge in [-0.3, -0.25) is 0 Å². The van der Waals surface area contributed by atoms with Gasteiger partial charge in [0, 0.05) is 16.6 Å². The highest BCUT2D eigenvalue weighted by molar-refractivity contribution is 6.30. The van der Waals surface area contributed by atoms with Crippen molar-refractivity contribution in [2.45, 2.75) is 6.42 Å². The predicted octanol–water partition coefficient (Wildman–Crippen LogP) is 3.91. The zero-order valence-corrected chi connectivity index (χ0v) is 14.0. The summed E-state index contributed by atoms with van der Waals surface area (Å²) in [6.07, 6.45) is 0.729. The second-order valence-corrected chi connectivity index (χ2v) is 5.74. The highest BCUT2D eigenvalue weighted by atomic mass is 35.5. The molecule has 0 aliphatic carbocycles. The fourth-order valence-corrected chi connectivity index (χ4v) is 2.36. The lowest BCUT2D eigenvalue weighted by Gasteiger charge is -2.09. The van der Waals surface area contributed by atoms with Crippen LogP contribution >= 0.6 is 23.2 Å². The summed E-state index contributed by atoms with van der Waals surface area (Å²) in [7, 11) is 0. The van der Waals surface area contributed by atoms with Crippen molar-refractivity contribution in [2.75, 3.05) is 19.7 Å². The maximum Gasteiger partial charge on any atom is 0.314 e. The Hall–Kier alpha value is -1.91. The van der Waals surface area contributed by atoms with Gasteiger partial charge in [0.05, 0.1) is 6.54 Å². The fraction of sp³-hybridized carbons (Fsp3) is 0.235. The summed E-state index contributed by atoms with van der Waals surface area (Å²) in [6, 6.07) is 14.5. The molecular weight excluding hydrogens is 335 g/mol. The van der Waals surface area contributed by atoms with Gasteiger partial charge >= 0.3 is 6.03 Å². The number of hydrogen-bond donors (Lipinski definition) is 2. The fourth-order valence-electron chi connectivity index (χ4n) is 1.97. The highest BCUT2D eigenvalue weighted by Crippen LogP contribution is 2.16. The molecule has 0 unspecified atom stereocenters. The standard InChI is InChI=1S/C17H18Cl2N2O2/c18-14-4-1-3-13(11-14)7-8-20-17(22)21-9-10-23-16-6-2-5-15(19)12-16/h1-6,11-12H,7-10H2,(H2,20,21,22). The lowest BCUT2D eigenvalue weighted by Crippen LogP contribution is -2.38. The van der Waals surface area contributed by atoms with Crippen LogP contribution in [0.25, 0.3) is 0 Å². The number of nitrogens with one attached hydrogen (secondary N) is 2. The Bertz CT molecular complexity index is 650. The Morgan fingerprint density at radius 3 is 2.39 bits per heavy atom. The van der Waals surface area contributed by atoms with Crippen LogP contribution in [-0.4, -0.2) is 25.7 Å². The first kappa shape index (κ1) is 17.4. The van der Waals surface area contributed by atoms with E-state index in [2.05, 4.69) is 10.6 Å². The summed E-state index contributed by atoms with van der Waals surface area (Å²) in [5.41, 5.74) is 1.09. The van der Waals surface area contributed by atoms with E-state index in [4.69, 9.17) is 27.9 Å². The van der Waals surface area contributed by atoms with Crippen LogP contribution in [0.15, 0.2) is 48.5 Å². The second-order valence-electron chi connectivity index (χ2n) is 4.87. The molecule has 0 aliphatic rings. The molecule has 0 saturated carbocycles. The van der Waals surface area contributed by atoms with Crippen molar-refractivity contribution in [2.24, 2.45) is 0 Å². The van der Waals surface area contributed by atoms with Crippen molar-refractivity contribution in [3.63, 3.8) is 0 Å². The minimum atomic E-state index is -0.221. The van der Waals surface area contributed by atoms with Gasteiger partial charge < -0.3 is 15.4 Å². The summed E-state index contributed by atoms with van der Waals surface area (Å²) < 4.78 is 5.48. The minimum absolute atomic E-state index is 0.221. The first-order valence-corrected chi connectivity index (χ1v) is 8.03. The molecule has 0 spiro atoms. The third kappa shape index (κ3) is 6.80. The van der Waals surface area contributed by atoms with Gasteiger partial charge in [-0.25, -0.2) is 4.79 Å². The average molecular weight is 353 g/mol. The Morgan fingerprint density at radius 2 is 1.65 bits per heavy atom. The Kier molecular flexibility index (Phi) is 7.04. The topological polar surface area (TPSA) is 50.4 Å². The van der Waals surface area contributed by atoms with Crippen LogP contribution in [0.3, 0.4) is 0 Å². The maximum absolute atomic E-state index is 11.6. The number of benzene rings is 2. The molecule has 2 amide bonds. The van der Waals surface area contributed by atoms with E-state index in [1.54, 1.807) is 12.1 Å². The van der Waals surface area contributed by atoms with Crippen LogP contribution in [0.2, 0.25) is 10.0 Å². The SMILES string of the molecule is O=C(NCCOc1cccc(Cl)c1)NCCc1cccc(Cl)c1. The zero-order chi connectivity index (χ0) is 16.5. The molecule has 0 bridgehead atoms. The molecule has 4 nitrogen and oxygen atoms in total. The quantitative estimate of drug-likeness (QED) is 0.742. The number of halogens is 2. The van der Waals surface area contributed by atoms with E-state index in [-0.39, 0.29) is 6.03 Å². The molecule has 122 valence electrons. The van der Waals surface area contributed by atoms with Gasteiger partial charge in [0.2, 0.25) is 0 Å². The second kappa shape index (κ2) is 9.28.